The van der Waals surface area contributed by atoms with Crippen LogP contribution in [0.15, 0.2) is 12.5 Å². The molecular weight excluding hydrogens is 280 g/mol. The highest BCUT2D eigenvalue weighted by molar-refractivity contribution is 5.89. The van der Waals surface area contributed by atoms with Crippen molar-refractivity contribution < 1.29 is 25.2 Å². The van der Waals surface area contributed by atoms with Gasteiger partial charge >= 0.3 is 0 Å². The van der Waals surface area contributed by atoms with E-state index in [0.29, 0.717) is 16.6 Å². The molecule has 4 unspecified atom stereocenters. The Morgan fingerprint density at radius 1 is 1.24 bits per heavy atom. The zero-order valence-electron chi connectivity index (χ0n) is 11.0. The van der Waals surface area contributed by atoms with E-state index in [4.69, 9.17) is 15.6 Å². The van der Waals surface area contributed by atoms with Gasteiger partial charge in [-0.3, -0.25) is 0 Å². The van der Waals surface area contributed by atoms with Crippen molar-refractivity contribution in [2.75, 3.05) is 12.3 Å². The number of hydrogen-bond acceptors (Lipinski definition) is 8. The lowest BCUT2D eigenvalue weighted by atomic mass is 10.1. The first-order valence-corrected chi connectivity index (χ1v) is 6.41. The quantitative estimate of drug-likeness (QED) is 0.442. The van der Waals surface area contributed by atoms with Gasteiger partial charge in [-0.1, -0.05) is 0 Å². The van der Waals surface area contributed by atoms with Crippen LogP contribution in [0.3, 0.4) is 0 Å². The molecule has 1 fully saturated rings. The van der Waals surface area contributed by atoms with Crippen molar-refractivity contribution >= 4 is 16.9 Å². The summed E-state index contributed by atoms with van der Waals surface area (Å²) < 4.78 is 6.93. The van der Waals surface area contributed by atoms with Crippen LogP contribution in [-0.4, -0.2) is 59.9 Å². The van der Waals surface area contributed by atoms with Crippen molar-refractivity contribution in [3.05, 3.63) is 18.1 Å². The predicted octanol–water partition coefficient (Wildman–Crippen LogP) is -1.88. The molecule has 3 rings (SSSR count). The Labute approximate surface area is 119 Å². The number of aliphatic hydroxyl groups excluding tert-OH is 4. The molecule has 9 nitrogen and oxygen atoms in total. The van der Waals surface area contributed by atoms with E-state index in [1.807, 2.05) is 0 Å². The van der Waals surface area contributed by atoms with Crippen molar-refractivity contribution in [2.45, 2.75) is 31.1 Å². The molecule has 0 bridgehead atoms. The lowest BCUT2D eigenvalue weighted by molar-refractivity contribution is -0.0509. The molecule has 1 aliphatic heterocycles. The fourth-order valence-electron chi connectivity index (χ4n) is 2.61. The maximum Gasteiger partial charge on any atom is 0.164 e. The molecule has 2 aromatic rings. The molecule has 9 heteroatoms. The number of aromatic nitrogens is 3. The summed E-state index contributed by atoms with van der Waals surface area (Å²) in [6, 6.07) is 0. The minimum Gasteiger partial charge on any atom is -0.394 e. The van der Waals surface area contributed by atoms with Crippen molar-refractivity contribution in [1.29, 1.82) is 0 Å². The molecular formula is C12H16N4O5. The fraction of sp³-hybridized carbons (Fsp3) is 0.500. The maximum atomic E-state index is 10.1. The molecule has 0 saturated carbocycles. The Kier molecular flexibility index (Phi) is 3.51. The lowest BCUT2D eigenvalue weighted by Crippen LogP contribution is -2.33. The second-order valence-corrected chi connectivity index (χ2v) is 4.91. The van der Waals surface area contributed by atoms with Crippen LogP contribution in [0.4, 0.5) is 5.82 Å². The molecule has 0 aliphatic carbocycles. The van der Waals surface area contributed by atoms with Gasteiger partial charge in [0.2, 0.25) is 0 Å². The van der Waals surface area contributed by atoms with Crippen LogP contribution in [0, 0.1) is 0 Å². The van der Waals surface area contributed by atoms with E-state index in [1.54, 1.807) is 0 Å². The van der Waals surface area contributed by atoms with E-state index in [2.05, 4.69) is 9.97 Å². The number of fused-ring (bicyclic) bond motifs is 1. The first-order chi connectivity index (χ1) is 10.1. The van der Waals surface area contributed by atoms with E-state index in [-0.39, 0.29) is 12.4 Å². The molecule has 6 N–H and O–H groups in total. The van der Waals surface area contributed by atoms with Crippen LogP contribution in [0.5, 0.6) is 0 Å². The van der Waals surface area contributed by atoms with E-state index in [0.717, 1.165) is 0 Å². The average molecular weight is 296 g/mol. The fourth-order valence-corrected chi connectivity index (χ4v) is 2.61. The summed E-state index contributed by atoms with van der Waals surface area (Å²) >= 11 is 0. The molecule has 114 valence electrons. The van der Waals surface area contributed by atoms with Crippen LogP contribution < -0.4 is 5.73 Å². The summed E-state index contributed by atoms with van der Waals surface area (Å²) in [5.74, 6) is 0.203. The lowest BCUT2D eigenvalue weighted by Gasteiger charge is -2.17. The van der Waals surface area contributed by atoms with E-state index < -0.39 is 31.1 Å². The molecule has 0 spiro atoms. The van der Waals surface area contributed by atoms with E-state index in [9.17, 15) is 15.3 Å². The third kappa shape index (κ3) is 2.06. The molecule has 4 atom stereocenters. The Morgan fingerprint density at radius 3 is 2.62 bits per heavy atom. The Bertz CT molecular complexity index is 660. The highest BCUT2D eigenvalue weighted by Gasteiger charge is 2.44. The summed E-state index contributed by atoms with van der Waals surface area (Å²) in [6.45, 7) is -0.701. The number of nitrogen functional groups attached to an aromatic ring is 1. The normalized spacial score (nSPS) is 29.3. The summed E-state index contributed by atoms with van der Waals surface area (Å²) in [7, 11) is 0. The SMILES string of the molecule is Nc1ncnc2c1c(CO)cn2C1OC(CO)C(O)C1O. The number of aliphatic hydroxyl groups is 4. The van der Waals surface area contributed by atoms with Gasteiger partial charge in [-0.15, -0.1) is 0 Å². The molecule has 0 radical (unpaired) electrons. The largest absolute Gasteiger partial charge is 0.394 e. The summed E-state index contributed by atoms with van der Waals surface area (Å²) in [4.78, 5) is 7.96. The molecule has 21 heavy (non-hydrogen) atoms. The highest BCUT2D eigenvalue weighted by atomic mass is 16.6. The average Bonchev–Trinajstić information content (AvgIpc) is 2.99. The van der Waals surface area contributed by atoms with Crippen LogP contribution >= 0.6 is 0 Å². The monoisotopic (exact) mass is 296 g/mol. The van der Waals surface area contributed by atoms with Crippen molar-refractivity contribution in [1.82, 2.24) is 14.5 Å². The molecule has 0 amide bonds. The number of ether oxygens (including phenoxy) is 1. The zero-order chi connectivity index (χ0) is 15.1. The Morgan fingerprint density at radius 2 is 2.00 bits per heavy atom. The van der Waals surface area contributed by atoms with Gasteiger partial charge < -0.3 is 35.5 Å². The summed E-state index contributed by atoms with van der Waals surface area (Å²) in [5.41, 5.74) is 6.65. The second-order valence-electron chi connectivity index (χ2n) is 4.91. The van der Waals surface area contributed by atoms with Crippen LogP contribution in [0.1, 0.15) is 11.8 Å². The first-order valence-electron chi connectivity index (χ1n) is 6.41. The van der Waals surface area contributed by atoms with Crippen LogP contribution in [0.25, 0.3) is 11.0 Å². The van der Waals surface area contributed by atoms with Crippen LogP contribution in [0.2, 0.25) is 0 Å². The predicted molar refractivity (Wildman–Crippen MR) is 70.9 cm³/mol. The van der Waals surface area contributed by atoms with Crippen molar-refractivity contribution in [3.63, 3.8) is 0 Å². The standard InChI is InChI=1S/C12H16N4O5/c13-10-7-5(2-17)1-16(11(7)15-4-14-10)12-9(20)8(19)6(3-18)21-12/h1,4,6,8-9,12,17-20H,2-3H2,(H2,13,14,15). The smallest absolute Gasteiger partial charge is 0.164 e. The number of nitrogens with zero attached hydrogens (tertiary/aromatic N) is 3. The van der Waals surface area contributed by atoms with Crippen molar-refractivity contribution in [2.24, 2.45) is 0 Å². The zero-order valence-corrected chi connectivity index (χ0v) is 11.0. The highest BCUT2D eigenvalue weighted by Crippen LogP contribution is 2.34. The van der Waals surface area contributed by atoms with Gasteiger partial charge in [0.15, 0.2) is 6.23 Å². The van der Waals surface area contributed by atoms with E-state index in [1.165, 1.54) is 17.1 Å². The molecule has 1 aliphatic rings. The van der Waals surface area contributed by atoms with Gasteiger partial charge in [0.05, 0.1) is 18.6 Å². The number of rotatable bonds is 3. The Balaban J connectivity index is 2.11. The minimum absolute atomic E-state index is 0.203. The topological polar surface area (TPSA) is 147 Å². The molecule has 2 aromatic heterocycles. The van der Waals surface area contributed by atoms with Crippen molar-refractivity contribution in [3.8, 4) is 0 Å². The number of nitrogens with two attached hydrogens (primary N) is 1. The van der Waals surface area contributed by atoms with E-state index >= 15 is 0 Å². The molecule has 0 aromatic carbocycles. The Hall–Kier alpha value is -1.78. The van der Waals surface area contributed by atoms with Gasteiger partial charge in [-0.2, -0.15) is 0 Å². The molecule has 3 heterocycles. The van der Waals surface area contributed by atoms with Gasteiger partial charge in [0.25, 0.3) is 0 Å². The minimum atomic E-state index is -1.24. The number of anilines is 1. The van der Waals surface area contributed by atoms with Gasteiger partial charge in [0, 0.05) is 11.8 Å². The van der Waals surface area contributed by atoms with Gasteiger partial charge in [-0.05, 0) is 0 Å². The summed E-state index contributed by atoms with van der Waals surface area (Å²) in [6.07, 6.45) is -1.48. The third-order valence-electron chi connectivity index (χ3n) is 3.68. The first kappa shape index (κ1) is 14.2. The molecule has 1 saturated heterocycles. The number of hydrogen-bond donors (Lipinski definition) is 5. The maximum absolute atomic E-state index is 10.1. The van der Waals surface area contributed by atoms with Gasteiger partial charge in [0.1, 0.15) is 36.1 Å². The third-order valence-corrected chi connectivity index (χ3v) is 3.68. The van der Waals surface area contributed by atoms with Crippen LogP contribution in [-0.2, 0) is 11.3 Å². The van der Waals surface area contributed by atoms with Gasteiger partial charge in [-0.25, -0.2) is 9.97 Å². The second kappa shape index (κ2) is 5.20. The summed E-state index contributed by atoms with van der Waals surface area (Å²) in [5, 5.41) is 38.9.